The zero-order chi connectivity index (χ0) is 11.7. The lowest BCUT2D eigenvalue weighted by Crippen LogP contribution is -2.47. The first-order chi connectivity index (χ1) is 7.59. The molecule has 0 saturated heterocycles. The first-order valence-corrected chi connectivity index (χ1v) is 5.76. The largest absolute Gasteiger partial charge is 0.372 e. The lowest BCUT2D eigenvalue weighted by atomic mass is 10.1. The zero-order valence-electron chi connectivity index (χ0n) is 10.0. The van der Waals surface area contributed by atoms with Crippen molar-refractivity contribution in [2.45, 2.75) is 26.8 Å². The summed E-state index contributed by atoms with van der Waals surface area (Å²) in [4.78, 5) is 14.0. The third-order valence-corrected chi connectivity index (χ3v) is 2.75. The molecule has 1 unspecified atom stereocenters. The summed E-state index contributed by atoms with van der Waals surface area (Å²) < 4.78 is 0. The molecule has 3 heteroatoms. The maximum absolute atomic E-state index is 12.1. The van der Waals surface area contributed by atoms with Gasteiger partial charge in [-0.25, -0.2) is 0 Å². The maximum Gasteiger partial charge on any atom is 0.249 e. The van der Waals surface area contributed by atoms with Gasteiger partial charge < -0.3 is 10.2 Å². The number of hydrogen-bond acceptors (Lipinski definition) is 2. The highest BCUT2D eigenvalue weighted by atomic mass is 16.2. The molecule has 0 aromatic heterocycles. The van der Waals surface area contributed by atoms with Crippen molar-refractivity contribution < 1.29 is 4.79 Å². The molecule has 0 spiro atoms. The topological polar surface area (TPSA) is 32.3 Å². The molecule has 0 fully saturated rings. The summed E-state index contributed by atoms with van der Waals surface area (Å²) in [6, 6.07) is 7.84. The summed E-state index contributed by atoms with van der Waals surface area (Å²) >= 11 is 0. The molecule has 16 heavy (non-hydrogen) atoms. The van der Waals surface area contributed by atoms with Gasteiger partial charge in [0.2, 0.25) is 5.91 Å². The van der Waals surface area contributed by atoms with Gasteiger partial charge in [0.1, 0.15) is 6.04 Å². The number of hydrogen-bond donors (Lipinski definition) is 1. The van der Waals surface area contributed by atoms with E-state index in [1.807, 2.05) is 36.1 Å². The summed E-state index contributed by atoms with van der Waals surface area (Å²) in [5, 5.41) is 3.22. The second kappa shape index (κ2) is 4.16. The van der Waals surface area contributed by atoms with E-state index in [9.17, 15) is 4.79 Å². The molecular weight excluding hydrogens is 200 g/mol. The molecule has 2 rings (SSSR count). The third kappa shape index (κ3) is 1.90. The average Bonchev–Trinajstić information content (AvgIpc) is 2.24. The number of benzene rings is 1. The number of fused-ring (bicyclic) bond motifs is 1. The van der Waals surface area contributed by atoms with Crippen LogP contribution in [0.2, 0.25) is 0 Å². The molecular formula is C13H18N2O. The maximum atomic E-state index is 12.1. The summed E-state index contributed by atoms with van der Waals surface area (Å²) in [6.45, 7) is 6.94. The molecule has 1 aliphatic rings. The highest BCUT2D eigenvalue weighted by Crippen LogP contribution is 2.31. The normalized spacial score (nSPS) is 19.6. The lowest BCUT2D eigenvalue weighted by Gasteiger charge is -2.34. The summed E-state index contributed by atoms with van der Waals surface area (Å²) in [6.07, 6.45) is 0. The van der Waals surface area contributed by atoms with Crippen molar-refractivity contribution in [1.29, 1.82) is 0 Å². The third-order valence-electron chi connectivity index (χ3n) is 2.75. The number of rotatable bonds is 2. The second-order valence-corrected chi connectivity index (χ2v) is 4.73. The number of carbonyl (C=O) groups is 1. The van der Waals surface area contributed by atoms with Crippen LogP contribution >= 0.6 is 0 Å². The minimum absolute atomic E-state index is 0.131. The summed E-state index contributed by atoms with van der Waals surface area (Å²) in [5.41, 5.74) is 2.05. The molecule has 0 saturated carbocycles. The smallest absolute Gasteiger partial charge is 0.249 e. The fourth-order valence-electron chi connectivity index (χ4n) is 2.03. The Balaban J connectivity index is 2.38. The molecule has 0 bridgehead atoms. The lowest BCUT2D eigenvalue weighted by molar-refractivity contribution is -0.119. The number of anilines is 2. The second-order valence-electron chi connectivity index (χ2n) is 4.73. The average molecular weight is 218 g/mol. The number of nitrogens with one attached hydrogen (secondary N) is 1. The summed E-state index contributed by atoms with van der Waals surface area (Å²) in [7, 11) is 0. The Morgan fingerprint density at radius 3 is 2.75 bits per heavy atom. The molecule has 0 aliphatic carbocycles. The van der Waals surface area contributed by atoms with Gasteiger partial charge in [0.15, 0.2) is 0 Å². The van der Waals surface area contributed by atoms with Gasteiger partial charge in [0.25, 0.3) is 0 Å². The van der Waals surface area contributed by atoms with Crippen molar-refractivity contribution in [2.75, 3.05) is 16.8 Å². The van der Waals surface area contributed by atoms with Crippen LogP contribution in [0.15, 0.2) is 24.3 Å². The van der Waals surface area contributed by atoms with Crippen LogP contribution in [-0.4, -0.2) is 18.5 Å². The van der Waals surface area contributed by atoms with Crippen molar-refractivity contribution in [3.63, 3.8) is 0 Å². The van der Waals surface area contributed by atoms with Gasteiger partial charge in [-0.3, -0.25) is 4.79 Å². The first kappa shape index (κ1) is 11.0. The van der Waals surface area contributed by atoms with Crippen LogP contribution in [0.5, 0.6) is 0 Å². The SMILES string of the molecule is CC(C)CN1C(=O)C(C)Nc2ccccc21. The number of nitrogens with zero attached hydrogens (tertiary/aromatic N) is 1. The Bertz CT molecular complexity index is 401. The van der Waals surface area contributed by atoms with E-state index < -0.39 is 0 Å². The molecule has 1 aromatic rings. The van der Waals surface area contributed by atoms with E-state index in [1.165, 1.54) is 0 Å². The molecule has 0 radical (unpaired) electrons. The molecule has 1 aromatic carbocycles. The molecule has 3 nitrogen and oxygen atoms in total. The van der Waals surface area contributed by atoms with E-state index in [1.54, 1.807) is 0 Å². The van der Waals surface area contributed by atoms with E-state index in [0.29, 0.717) is 5.92 Å². The standard InChI is InChI=1S/C13H18N2O/c1-9(2)8-15-12-7-5-4-6-11(12)14-10(3)13(15)16/h4-7,9-10,14H,8H2,1-3H3. The minimum atomic E-state index is -0.131. The first-order valence-electron chi connectivity index (χ1n) is 5.76. The molecule has 1 N–H and O–H groups in total. The van der Waals surface area contributed by atoms with Crippen LogP contribution in [0.25, 0.3) is 0 Å². The Morgan fingerprint density at radius 1 is 1.38 bits per heavy atom. The Morgan fingerprint density at radius 2 is 2.06 bits per heavy atom. The fourth-order valence-corrected chi connectivity index (χ4v) is 2.03. The van der Waals surface area contributed by atoms with Crippen molar-refractivity contribution in [3.8, 4) is 0 Å². The van der Waals surface area contributed by atoms with Crippen LogP contribution in [0.3, 0.4) is 0 Å². The fraction of sp³-hybridized carbons (Fsp3) is 0.462. The molecule has 1 heterocycles. The van der Waals surface area contributed by atoms with Gasteiger partial charge in [0.05, 0.1) is 11.4 Å². The van der Waals surface area contributed by atoms with Crippen LogP contribution in [0.1, 0.15) is 20.8 Å². The Kier molecular flexibility index (Phi) is 2.86. The predicted octanol–water partition coefficient (Wildman–Crippen LogP) is 2.49. The van der Waals surface area contributed by atoms with Gasteiger partial charge in [-0.05, 0) is 25.0 Å². The number of amides is 1. The molecule has 1 amide bonds. The Labute approximate surface area is 96.5 Å². The van der Waals surface area contributed by atoms with E-state index in [4.69, 9.17) is 0 Å². The van der Waals surface area contributed by atoms with Gasteiger partial charge >= 0.3 is 0 Å². The minimum Gasteiger partial charge on any atom is -0.372 e. The predicted molar refractivity (Wildman–Crippen MR) is 66.7 cm³/mol. The Hall–Kier alpha value is -1.51. The zero-order valence-corrected chi connectivity index (χ0v) is 10.0. The van der Waals surface area contributed by atoms with Crippen LogP contribution in [-0.2, 0) is 4.79 Å². The van der Waals surface area contributed by atoms with Crippen LogP contribution in [0, 0.1) is 5.92 Å². The quantitative estimate of drug-likeness (QED) is 0.827. The van der Waals surface area contributed by atoms with E-state index in [-0.39, 0.29) is 11.9 Å². The van der Waals surface area contributed by atoms with Gasteiger partial charge in [-0.1, -0.05) is 26.0 Å². The molecule has 1 atom stereocenters. The number of para-hydroxylation sites is 2. The van der Waals surface area contributed by atoms with Crippen LogP contribution in [0.4, 0.5) is 11.4 Å². The van der Waals surface area contributed by atoms with Crippen molar-refractivity contribution in [2.24, 2.45) is 5.92 Å². The highest BCUT2D eigenvalue weighted by Gasteiger charge is 2.29. The van der Waals surface area contributed by atoms with Crippen molar-refractivity contribution >= 4 is 17.3 Å². The highest BCUT2D eigenvalue weighted by molar-refractivity contribution is 6.04. The molecule has 1 aliphatic heterocycles. The van der Waals surface area contributed by atoms with Crippen LogP contribution < -0.4 is 10.2 Å². The van der Waals surface area contributed by atoms with Gasteiger partial charge in [-0.15, -0.1) is 0 Å². The van der Waals surface area contributed by atoms with Gasteiger partial charge in [0, 0.05) is 6.54 Å². The van der Waals surface area contributed by atoms with Gasteiger partial charge in [-0.2, -0.15) is 0 Å². The summed E-state index contributed by atoms with van der Waals surface area (Å²) in [5.74, 6) is 0.634. The number of carbonyl (C=O) groups excluding carboxylic acids is 1. The van der Waals surface area contributed by atoms with Crippen molar-refractivity contribution in [1.82, 2.24) is 0 Å². The van der Waals surface area contributed by atoms with Crippen molar-refractivity contribution in [3.05, 3.63) is 24.3 Å². The van der Waals surface area contributed by atoms with E-state index in [2.05, 4.69) is 19.2 Å². The monoisotopic (exact) mass is 218 g/mol. The van der Waals surface area contributed by atoms with E-state index in [0.717, 1.165) is 17.9 Å². The molecule has 86 valence electrons. The van der Waals surface area contributed by atoms with E-state index >= 15 is 0 Å².